The first-order valence-corrected chi connectivity index (χ1v) is 9.32. The molecule has 7 heteroatoms. The summed E-state index contributed by atoms with van der Waals surface area (Å²) in [5.74, 6) is 0.493. The second-order valence-corrected chi connectivity index (χ2v) is 8.14. The van der Waals surface area contributed by atoms with E-state index in [1.165, 1.54) is 12.3 Å². The van der Waals surface area contributed by atoms with Gasteiger partial charge in [-0.3, -0.25) is 0 Å². The van der Waals surface area contributed by atoms with Crippen LogP contribution in [0.15, 0.2) is 44.2 Å². The van der Waals surface area contributed by atoms with Gasteiger partial charge in [0.1, 0.15) is 29.6 Å². The third-order valence-electron chi connectivity index (χ3n) is 5.55. The molecule has 1 fully saturated rings. The molecule has 0 spiro atoms. The highest BCUT2D eigenvalue weighted by molar-refractivity contribution is 6.01. The fourth-order valence-electron chi connectivity index (χ4n) is 3.65. The Morgan fingerprint density at radius 2 is 1.93 bits per heavy atom. The molecular formula is C21H24O7. The van der Waals surface area contributed by atoms with Gasteiger partial charge in [0.2, 0.25) is 0 Å². The van der Waals surface area contributed by atoms with Gasteiger partial charge in [-0.2, -0.15) is 0 Å². The largest absolute Gasteiger partial charge is 0.489 e. The number of aliphatic hydroxyl groups is 2. The minimum absolute atomic E-state index is 0.0572. The summed E-state index contributed by atoms with van der Waals surface area (Å²) in [6, 6.07) is 6.40. The number of furan rings is 1. The molecule has 1 aliphatic heterocycles. The molecule has 2 aromatic heterocycles. The average Bonchev–Trinajstić information content (AvgIpc) is 3.06. The zero-order valence-electron chi connectivity index (χ0n) is 16.1. The topological polar surface area (TPSA) is 102 Å². The summed E-state index contributed by atoms with van der Waals surface area (Å²) in [4.78, 5) is 11.6. The Kier molecular flexibility index (Phi) is 4.49. The lowest BCUT2D eigenvalue weighted by Crippen LogP contribution is -2.48. The second kappa shape index (κ2) is 6.62. The molecule has 0 amide bonds. The minimum Gasteiger partial charge on any atom is -0.489 e. The first kappa shape index (κ1) is 19.0. The summed E-state index contributed by atoms with van der Waals surface area (Å²) >= 11 is 0. The van der Waals surface area contributed by atoms with Gasteiger partial charge in [0, 0.05) is 12.1 Å². The van der Waals surface area contributed by atoms with E-state index in [1.54, 1.807) is 39.0 Å². The number of hydrogen-bond donors (Lipinski definition) is 2. The fourth-order valence-corrected chi connectivity index (χ4v) is 3.65. The van der Waals surface area contributed by atoms with Crippen LogP contribution in [0, 0.1) is 0 Å². The van der Waals surface area contributed by atoms with E-state index in [4.69, 9.17) is 18.3 Å². The molecule has 3 aromatic rings. The molecule has 150 valence electrons. The SMILES string of the molecule is CC1(O)CCC(O)C(C)(C)OC1COc1c2ccoc2cc2oc(=O)ccc12. The quantitative estimate of drug-likeness (QED) is 0.665. The molecule has 1 saturated heterocycles. The highest BCUT2D eigenvalue weighted by Crippen LogP contribution is 2.37. The van der Waals surface area contributed by atoms with Crippen molar-refractivity contribution in [2.75, 3.05) is 6.61 Å². The minimum atomic E-state index is -1.17. The van der Waals surface area contributed by atoms with Crippen LogP contribution < -0.4 is 10.4 Å². The highest BCUT2D eigenvalue weighted by Gasteiger charge is 2.44. The Morgan fingerprint density at radius 3 is 2.71 bits per heavy atom. The summed E-state index contributed by atoms with van der Waals surface area (Å²) < 4.78 is 22.9. The summed E-state index contributed by atoms with van der Waals surface area (Å²) in [7, 11) is 0. The van der Waals surface area contributed by atoms with E-state index in [0.29, 0.717) is 35.1 Å². The van der Waals surface area contributed by atoms with E-state index in [9.17, 15) is 15.0 Å². The summed E-state index contributed by atoms with van der Waals surface area (Å²) in [6.07, 6.45) is 1.01. The molecule has 7 nitrogen and oxygen atoms in total. The highest BCUT2D eigenvalue weighted by atomic mass is 16.6. The van der Waals surface area contributed by atoms with Gasteiger partial charge in [0.15, 0.2) is 0 Å². The second-order valence-electron chi connectivity index (χ2n) is 8.14. The van der Waals surface area contributed by atoms with Gasteiger partial charge >= 0.3 is 5.63 Å². The first-order chi connectivity index (χ1) is 13.2. The van der Waals surface area contributed by atoms with Crippen LogP contribution in [0.5, 0.6) is 5.75 Å². The molecule has 0 aliphatic carbocycles. The number of ether oxygens (including phenoxy) is 2. The van der Waals surface area contributed by atoms with E-state index >= 15 is 0 Å². The Bertz CT molecular complexity index is 1060. The van der Waals surface area contributed by atoms with E-state index in [-0.39, 0.29) is 6.61 Å². The third-order valence-corrected chi connectivity index (χ3v) is 5.55. The van der Waals surface area contributed by atoms with Crippen LogP contribution in [0.2, 0.25) is 0 Å². The molecule has 1 aromatic carbocycles. The van der Waals surface area contributed by atoms with Gasteiger partial charge in [0.25, 0.3) is 0 Å². The number of rotatable bonds is 3. The van der Waals surface area contributed by atoms with Crippen molar-refractivity contribution in [1.82, 2.24) is 0 Å². The lowest BCUT2D eigenvalue weighted by Gasteiger charge is -2.35. The number of hydrogen-bond acceptors (Lipinski definition) is 7. The molecule has 1 aliphatic rings. The molecule has 0 saturated carbocycles. The zero-order chi connectivity index (χ0) is 20.1. The maximum absolute atomic E-state index is 11.6. The van der Waals surface area contributed by atoms with Crippen molar-refractivity contribution in [3.63, 3.8) is 0 Å². The van der Waals surface area contributed by atoms with E-state index in [1.807, 2.05) is 0 Å². The predicted molar refractivity (Wildman–Crippen MR) is 103 cm³/mol. The van der Waals surface area contributed by atoms with Crippen LogP contribution in [-0.4, -0.2) is 40.2 Å². The monoisotopic (exact) mass is 388 g/mol. The molecule has 0 bridgehead atoms. The molecule has 3 unspecified atom stereocenters. The number of benzene rings is 1. The summed E-state index contributed by atoms with van der Waals surface area (Å²) in [5.41, 5.74) is -1.56. The molecule has 28 heavy (non-hydrogen) atoms. The normalized spacial score (nSPS) is 27.8. The predicted octanol–water partition coefficient (Wildman–Crippen LogP) is 2.99. The van der Waals surface area contributed by atoms with Gasteiger partial charge in [0.05, 0.1) is 34.3 Å². The van der Waals surface area contributed by atoms with Crippen molar-refractivity contribution in [2.45, 2.75) is 57.0 Å². The average molecular weight is 388 g/mol. The lowest BCUT2D eigenvalue weighted by atomic mass is 9.92. The van der Waals surface area contributed by atoms with Crippen LogP contribution in [-0.2, 0) is 4.74 Å². The fraction of sp³-hybridized carbons (Fsp3) is 0.476. The lowest BCUT2D eigenvalue weighted by molar-refractivity contribution is -0.177. The van der Waals surface area contributed by atoms with Crippen molar-refractivity contribution < 1.29 is 28.5 Å². The summed E-state index contributed by atoms with van der Waals surface area (Å²) in [6.45, 7) is 5.34. The van der Waals surface area contributed by atoms with Crippen LogP contribution in [0.1, 0.15) is 33.6 Å². The van der Waals surface area contributed by atoms with Crippen LogP contribution in [0.3, 0.4) is 0 Å². The smallest absolute Gasteiger partial charge is 0.336 e. The van der Waals surface area contributed by atoms with Crippen molar-refractivity contribution in [2.24, 2.45) is 0 Å². The molecule has 2 N–H and O–H groups in total. The number of aliphatic hydroxyl groups excluding tert-OH is 1. The Hall–Kier alpha value is -2.35. The van der Waals surface area contributed by atoms with Gasteiger partial charge in [-0.05, 0) is 45.7 Å². The maximum atomic E-state index is 11.6. The Morgan fingerprint density at radius 1 is 1.18 bits per heavy atom. The Balaban J connectivity index is 1.71. The van der Waals surface area contributed by atoms with Crippen LogP contribution >= 0.6 is 0 Å². The molecule has 0 radical (unpaired) electrons. The van der Waals surface area contributed by atoms with Crippen LogP contribution in [0.25, 0.3) is 21.9 Å². The van der Waals surface area contributed by atoms with Crippen molar-refractivity contribution >= 4 is 21.9 Å². The zero-order valence-corrected chi connectivity index (χ0v) is 16.1. The van der Waals surface area contributed by atoms with E-state index < -0.39 is 29.0 Å². The molecule has 3 atom stereocenters. The van der Waals surface area contributed by atoms with E-state index in [2.05, 4.69) is 0 Å². The maximum Gasteiger partial charge on any atom is 0.336 e. The third kappa shape index (κ3) is 3.30. The van der Waals surface area contributed by atoms with Gasteiger partial charge in [-0.15, -0.1) is 0 Å². The van der Waals surface area contributed by atoms with E-state index in [0.717, 1.165) is 5.39 Å². The van der Waals surface area contributed by atoms with Gasteiger partial charge < -0.3 is 28.5 Å². The standard InChI is InChI=1S/C21H24O7/c1-20(2)16(22)6-8-21(3,24)17(28-20)11-26-19-12-4-5-18(23)27-15(12)10-14-13(19)7-9-25-14/h4-5,7,9-10,16-17,22,24H,6,8,11H2,1-3H3. The van der Waals surface area contributed by atoms with Gasteiger partial charge in [-0.1, -0.05) is 0 Å². The Labute approximate surface area is 161 Å². The van der Waals surface area contributed by atoms with Gasteiger partial charge in [-0.25, -0.2) is 4.79 Å². The molecular weight excluding hydrogens is 364 g/mol. The summed E-state index contributed by atoms with van der Waals surface area (Å²) in [5, 5.41) is 22.5. The van der Waals surface area contributed by atoms with Crippen molar-refractivity contribution in [3.05, 3.63) is 40.9 Å². The molecule has 4 rings (SSSR count). The van der Waals surface area contributed by atoms with Crippen molar-refractivity contribution in [3.8, 4) is 5.75 Å². The van der Waals surface area contributed by atoms with Crippen molar-refractivity contribution in [1.29, 1.82) is 0 Å². The molecule has 3 heterocycles. The first-order valence-electron chi connectivity index (χ1n) is 9.32. The number of fused-ring (bicyclic) bond motifs is 2. The van der Waals surface area contributed by atoms with Crippen LogP contribution in [0.4, 0.5) is 0 Å².